The molecule has 0 amide bonds. The highest BCUT2D eigenvalue weighted by Gasteiger charge is 2.50. The first-order chi connectivity index (χ1) is 39.6. The third-order valence-electron chi connectivity index (χ3n) is 15.7. The number of aliphatic hydroxyl groups excluding tert-OH is 2. The van der Waals surface area contributed by atoms with Gasteiger partial charge in [-0.2, -0.15) is 0 Å². The number of esters is 3. The minimum Gasteiger partial charge on any atom is -0.479 e. The summed E-state index contributed by atoms with van der Waals surface area (Å²) in [4.78, 5) is 51.4. The van der Waals surface area contributed by atoms with E-state index in [1.54, 1.807) is 0 Å². The first-order valence-electron chi connectivity index (χ1n) is 34.0. The van der Waals surface area contributed by atoms with Gasteiger partial charge in [-0.15, -0.1) is 0 Å². The molecule has 1 saturated heterocycles. The van der Waals surface area contributed by atoms with E-state index in [0.717, 1.165) is 77.0 Å². The lowest BCUT2D eigenvalue weighted by Gasteiger charge is -2.40. The molecule has 3 N–H and O–H groups in total. The van der Waals surface area contributed by atoms with Crippen LogP contribution in [-0.4, -0.2) is 89.2 Å². The molecule has 1 rings (SSSR count). The first kappa shape index (κ1) is 76.0. The Labute approximate surface area is 495 Å². The summed E-state index contributed by atoms with van der Waals surface area (Å²) in [5, 5.41) is 31.6. The van der Waals surface area contributed by atoms with Crippen molar-refractivity contribution in [2.24, 2.45) is 0 Å². The van der Waals surface area contributed by atoms with Crippen LogP contribution in [0.2, 0.25) is 0 Å². The van der Waals surface area contributed by atoms with Gasteiger partial charge in [0.15, 0.2) is 24.6 Å². The number of ether oxygens (including phenoxy) is 5. The maximum absolute atomic E-state index is 13.2. The summed E-state index contributed by atoms with van der Waals surface area (Å²) in [5.41, 5.74) is 0. The highest BCUT2D eigenvalue weighted by atomic mass is 16.7. The number of carboxylic acids is 1. The molecular weight excluding hydrogens is 1020 g/mol. The second-order valence-corrected chi connectivity index (χ2v) is 23.5. The minimum atomic E-state index is -1.90. The minimum absolute atomic E-state index is 0.0655. The number of aliphatic hydroxyl groups is 2. The number of carbonyl (C=O) groups is 4. The van der Waals surface area contributed by atoms with Crippen molar-refractivity contribution in [2.75, 3.05) is 13.2 Å². The summed E-state index contributed by atoms with van der Waals surface area (Å²) in [7, 11) is 0. The van der Waals surface area contributed by atoms with E-state index in [0.29, 0.717) is 19.3 Å². The first-order valence-corrected chi connectivity index (χ1v) is 34.0. The van der Waals surface area contributed by atoms with Gasteiger partial charge in [0.1, 0.15) is 18.8 Å². The van der Waals surface area contributed by atoms with E-state index >= 15 is 0 Å². The fourth-order valence-corrected chi connectivity index (χ4v) is 10.5. The molecule has 12 nitrogen and oxygen atoms in total. The average molecular weight is 1150 g/mol. The van der Waals surface area contributed by atoms with Gasteiger partial charge in [0.05, 0.1) is 6.61 Å². The van der Waals surface area contributed by atoms with Crippen LogP contribution in [0, 0.1) is 0 Å². The third kappa shape index (κ3) is 46.9. The average Bonchev–Trinajstić information content (AvgIpc) is 3.46. The molecule has 0 aliphatic carbocycles. The van der Waals surface area contributed by atoms with Crippen molar-refractivity contribution in [2.45, 2.75) is 366 Å². The number of allylic oxidation sites excluding steroid dienone is 6. The topological polar surface area (TPSA) is 175 Å². The number of rotatable bonds is 59. The summed E-state index contributed by atoms with van der Waals surface area (Å²) < 4.78 is 28.6. The maximum atomic E-state index is 13.2. The van der Waals surface area contributed by atoms with Crippen molar-refractivity contribution in [3.63, 3.8) is 0 Å². The van der Waals surface area contributed by atoms with Crippen molar-refractivity contribution < 1.29 is 58.2 Å². The second kappa shape index (κ2) is 57.4. The van der Waals surface area contributed by atoms with E-state index in [1.807, 2.05) is 0 Å². The van der Waals surface area contributed by atoms with E-state index in [4.69, 9.17) is 23.7 Å². The van der Waals surface area contributed by atoms with Crippen LogP contribution >= 0.6 is 0 Å². The van der Waals surface area contributed by atoms with Crippen LogP contribution < -0.4 is 0 Å². The van der Waals surface area contributed by atoms with E-state index in [1.165, 1.54) is 193 Å². The van der Waals surface area contributed by atoms with Crippen LogP contribution in [0.5, 0.6) is 0 Å². The molecular formula is C69H124O12. The molecule has 0 saturated carbocycles. The molecule has 0 aromatic rings. The van der Waals surface area contributed by atoms with Crippen LogP contribution in [0.3, 0.4) is 0 Å². The van der Waals surface area contributed by atoms with Crippen LogP contribution in [-0.2, 0) is 42.9 Å². The Morgan fingerprint density at radius 1 is 0.407 bits per heavy atom. The lowest BCUT2D eigenvalue weighted by atomic mass is 9.98. The second-order valence-electron chi connectivity index (χ2n) is 23.5. The highest BCUT2D eigenvalue weighted by Crippen LogP contribution is 2.27. The molecule has 1 heterocycles. The third-order valence-corrected chi connectivity index (χ3v) is 15.7. The van der Waals surface area contributed by atoms with E-state index < -0.39 is 67.3 Å². The highest BCUT2D eigenvalue weighted by molar-refractivity contribution is 5.74. The molecule has 0 radical (unpaired) electrons. The lowest BCUT2D eigenvalue weighted by Crippen LogP contribution is -2.61. The Bertz CT molecular complexity index is 1550. The Kier molecular flexibility index (Phi) is 53.8. The molecule has 81 heavy (non-hydrogen) atoms. The number of hydrogen-bond donors (Lipinski definition) is 3. The lowest BCUT2D eigenvalue weighted by molar-refractivity contribution is -0.301. The predicted octanol–water partition coefficient (Wildman–Crippen LogP) is 18.4. The quantitative estimate of drug-likeness (QED) is 0.0228. The molecule has 0 aromatic heterocycles. The molecule has 0 bridgehead atoms. The van der Waals surface area contributed by atoms with Gasteiger partial charge in [0.2, 0.25) is 0 Å². The smallest absolute Gasteiger partial charge is 0.335 e. The van der Waals surface area contributed by atoms with Gasteiger partial charge >= 0.3 is 23.9 Å². The Hall–Kier alpha value is -3.06. The van der Waals surface area contributed by atoms with Gasteiger partial charge in [-0.05, 0) is 77.0 Å². The zero-order chi connectivity index (χ0) is 58.9. The van der Waals surface area contributed by atoms with Crippen LogP contribution in [0.1, 0.15) is 329 Å². The predicted molar refractivity (Wildman–Crippen MR) is 331 cm³/mol. The molecule has 472 valence electrons. The SMILES string of the molecule is CCCCC/C=C\C/C=C\CCCCCCCCCCCC(=O)OCC(COC1OC(C(=O)O)C(O)C(O)C1OC(=O)CCCCCCCCCCCCCCC)OC(=O)CCCCCCCCCCC/C=C\CCCCCCCC. The van der Waals surface area contributed by atoms with Crippen LogP contribution in [0.4, 0.5) is 0 Å². The number of carbonyl (C=O) groups excluding carboxylic acids is 3. The van der Waals surface area contributed by atoms with E-state index in [-0.39, 0.29) is 25.9 Å². The summed E-state index contributed by atoms with van der Waals surface area (Å²) >= 11 is 0. The number of aliphatic carboxylic acids is 1. The number of hydrogen-bond acceptors (Lipinski definition) is 11. The fraction of sp³-hybridized carbons (Fsp3) is 0.855. The monoisotopic (exact) mass is 1140 g/mol. The van der Waals surface area contributed by atoms with Crippen molar-refractivity contribution in [1.29, 1.82) is 0 Å². The van der Waals surface area contributed by atoms with E-state index in [9.17, 15) is 34.5 Å². The normalized spacial score (nSPS) is 17.9. The summed E-state index contributed by atoms with van der Waals surface area (Å²) in [6, 6.07) is 0. The molecule has 1 aliphatic rings. The molecule has 0 aromatic carbocycles. The van der Waals surface area contributed by atoms with Gasteiger partial charge in [-0.25, -0.2) is 4.79 Å². The van der Waals surface area contributed by atoms with Gasteiger partial charge < -0.3 is 39.0 Å². The van der Waals surface area contributed by atoms with Gasteiger partial charge in [-0.3, -0.25) is 14.4 Å². The van der Waals surface area contributed by atoms with Crippen LogP contribution in [0.25, 0.3) is 0 Å². The number of carboxylic acid groups (broad SMARTS) is 1. The molecule has 6 unspecified atom stereocenters. The zero-order valence-electron chi connectivity index (χ0n) is 52.3. The zero-order valence-corrected chi connectivity index (χ0v) is 52.3. The molecule has 12 heteroatoms. The Morgan fingerprint density at radius 3 is 1.15 bits per heavy atom. The maximum Gasteiger partial charge on any atom is 0.335 e. The van der Waals surface area contributed by atoms with Crippen LogP contribution in [0.15, 0.2) is 36.5 Å². The fourth-order valence-electron chi connectivity index (χ4n) is 10.5. The van der Waals surface area contributed by atoms with E-state index in [2.05, 4.69) is 57.2 Å². The molecule has 1 fully saturated rings. The van der Waals surface area contributed by atoms with Gasteiger partial charge in [-0.1, -0.05) is 269 Å². The summed E-state index contributed by atoms with van der Waals surface area (Å²) in [5.74, 6) is -3.09. The number of unbranched alkanes of at least 4 members (excludes halogenated alkanes) is 39. The molecule has 0 spiro atoms. The van der Waals surface area contributed by atoms with Crippen molar-refractivity contribution >= 4 is 23.9 Å². The largest absolute Gasteiger partial charge is 0.479 e. The van der Waals surface area contributed by atoms with Crippen molar-refractivity contribution in [1.82, 2.24) is 0 Å². The van der Waals surface area contributed by atoms with Crippen molar-refractivity contribution in [3.8, 4) is 0 Å². The van der Waals surface area contributed by atoms with Crippen molar-refractivity contribution in [3.05, 3.63) is 36.5 Å². The Morgan fingerprint density at radius 2 is 0.741 bits per heavy atom. The Balaban J connectivity index is 2.63. The molecule has 1 aliphatic heterocycles. The molecule has 6 atom stereocenters. The standard InChI is InChI=1S/C69H124O12/c1-4-7-10-13-16-19-22-25-27-29-31-33-35-38-40-43-46-49-52-55-61(70)77-58-60(79-62(71)56-53-50-47-44-42-39-36-34-32-30-28-26-23-20-17-14-11-8-5-2)59-78-69-67(65(74)64(73)66(81-69)68(75)76)80-63(72)57-54-51-48-45-41-37-24-21-18-15-12-9-6-3/h16,19,25-28,60,64-67,69,73-74H,4-15,17-18,20-24,29-59H2,1-3H3,(H,75,76)/b19-16-,27-25-,28-26-. The van der Waals surface area contributed by atoms with Gasteiger partial charge in [0.25, 0.3) is 0 Å². The van der Waals surface area contributed by atoms with Gasteiger partial charge in [0, 0.05) is 19.3 Å². The summed E-state index contributed by atoms with van der Waals surface area (Å²) in [6.07, 6.45) is 56.7. The summed E-state index contributed by atoms with van der Waals surface area (Å²) in [6.45, 7) is 6.01.